The number of aryl methyl sites for hydroxylation is 1. The summed E-state index contributed by atoms with van der Waals surface area (Å²) in [6, 6.07) is 7.69. The Morgan fingerprint density at radius 2 is 2.25 bits per heavy atom. The molecule has 7 heteroatoms. The minimum atomic E-state index is -0.913. The molecule has 1 amide bonds. The summed E-state index contributed by atoms with van der Waals surface area (Å²) in [5.41, 5.74) is 6.54. The molecule has 7 nitrogen and oxygen atoms in total. The van der Waals surface area contributed by atoms with E-state index in [0.717, 1.165) is 28.1 Å². The van der Waals surface area contributed by atoms with Gasteiger partial charge >= 0.3 is 0 Å². The highest BCUT2D eigenvalue weighted by Gasteiger charge is 2.48. The van der Waals surface area contributed by atoms with E-state index in [-0.39, 0.29) is 6.61 Å². The molecule has 2 atom stereocenters. The third-order valence-electron chi connectivity index (χ3n) is 5.32. The quantitative estimate of drug-likeness (QED) is 0.823. The van der Waals surface area contributed by atoms with E-state index in [2.05, 4.69) is 0 Å². The van der Waals surface area contributed by atoms with Crippen molar-refractivity contribution < 1.29 is 23.4 Å². The molecule has 2 aliphatic rings. The lowest BCUT2D eigenvalue weighted by Gasteiger charge is -2.43. The summed E-state index contributed by atoms with van der Waals surface area (Å²) in [4.78, 5) is 14.1. The number of allylic oxidation sites excluding steroid dienone is 2. The van der Waals surface area contributed by atoms with Crippen molar-refractivity contribution in [2.24, 2.45) is 5.73 Å². The number of nitrogens with zero attached hydrogens (tertiary/aromatic N) is 1. The van der Waals surface area contributed by atoms with Crippen molar-refractivity contribution in [2.45, 2.75) is 25.1 Å². The first-order chi connectivity index (χ1) is 13.5. The number of ether oxygens (including phenoxy) is 3. The number of hydrogen-bond acceptors (Lipinski definition) is 6. The van der Waals surface area contributed by atoms with Crippen LogP contribution >= 0.6 is 0 Å². The summed E-state index contributed by atoms with van der Waals surface area (Å²) in [7, 11) is 1.61. The molecule has 28 heavy (non-hydrogen) atoms. The molecule has 4 rings (SSSR count). The average molecular weight is 384 g/mol. The molecule has 0 bridgehead atoms. The van der Waals surface area contributed by atoms with Gasteiger partial charge in [-0.15, -0.1) is 0 Å². The van der Waals surface area contributed by atoms with Crippen LogP contribution in [0.5, 0.6) is 5.75 Å². The Morgan fingerprint density at radius 1 is 1.39 bits per heavy atom. The van der Waals surface area contributed by atoms with Crippen molar-refractivity contribution in [1.29, 1.82) is 0 Å². The summed E-state index contributed by atoms with van der Waals surface area (Å²) in [5, 5.41) is 0.994. The SMILES string of the molecule is COC1C(COc2ccc3oc(C)cc3c2)=CC=CN1C1(C(N)=O)CCOC1. The Bertz CT molecular complexity index is 939. The van der Waals surface area contributed by atoms with Crippen molar-refractivity contribution in [3.63, 3.8) is 0 Å². The Kier molecular flexibility index (Phi) is 4.87. The first-order valence-electron chi connectivity index (χ1n) is 9.23. The van der Waals surface area contributed by atoms with Crippen molar-refractivity contribution >= 4 is 16.9 Å². The fourth-order valence-electron chi connectivity index (χ4n) is 3.84. The second kappa shape index (κ2) is 7.33. The third-order valence-corrected chi connectivity index (χ3v) is 5.32. The van der Waals surface area contributed by atoms with Gasteiger partial charge in [-0.3, -0.25) is 4.79 Å². The molecule has 0 saturated carbocycles. The van der Waals surface area contributed by atoms with E-state index < -0.39 is 17.7 Å². The maximum absolute atomic E-state index is 12.2. The van der Waals surface area contributed by atoms with Crippen LogP contribution in [-0.2, 0) is 14.3 Å². The zero-order valence-corrected chi connectivity index (χ0v) is 16.0. The average Bonchev–Trinajstić information content (AvgIpc) is 3.32. The molecule has 1 saturated heterocycles. The molecule has 0 aliphatic carbocycles. The molecule has 1 fully saturated rings. The second-order valence-corrected chi connectivity index (χ2v) is 7.12. The van der Waals surface area contributed by atoms with Gasteiger partial charge in [-0.25, -0.2) is 0 Å². The Hall–Kier alpha value is -2.77. The first-order valence-corrected chi connectivity index (χ1v) is 9.23. The van der Waals surface area contributed by atoms with Gasteiger partial charge in [-0.05, 0) is 37.3 Å². The van der Waals surface area contributed by atoms with E-state index in [4.69, 9.17) is 24.4 Å². The van der Waals surface area contributed by atoms with E-state index in [1.54, 1.807) is 7.11 Å². The van der Waals surface area contributed by atoms with E-state index in [9.17, 15) is 4.79 Å². The monoisotopic (exact) mass is 384 g/mol. The highest BCUT2D eigenvalue weighted by molar-refractivity contribution is 5.85. The van der Waals surface area contributed by atoms with Crippen LogP contribution in [-0.4, -0.2) is 49.5 Å². The molecule has 0 radical (unpaired) electrons. The number of amides is 1. The minimum absolute atomic E-state index is 0.247. The number of fused-ring (bicyclic) bond motifs is 1. The predicted octanol–water partition coefficient (Wildman–Crippen LogP) is 2.49. The van der Waals surface area contributed by atoms with Gasteiger partial charge in [0.2, 0.25) is 5.91 Å². The maximum Gasteiger partial charge on any atom is 0.245 e. The third kappa shape index (κ3) is 3.16. The number of nitrogens with two attached hydrogens (primary N) is 1. The highest BCUT2D eigenvalue weighted by Crippen LogP contribution is 2.33. The van der Waals surface area contributed by atoms with E-state index in [1.165, 1.54) is 0 Å². The molecule has 2 aliphatic heterocycles. The number of furan rings is 1. The highest BCUT2D eigenvalue weighted by atomic mass is 16.5. The van der Waals surface area contributed by atoms with E-state index in [0.29, 0.717) is 19.6 Å². The normalized spacial score (nSPS) is 24.6. The van der Waals surface area contributed by atoms with Crippen molar-refractivity contribution in [3.05, 3.63) is 54.0 Å². The molecule has 1 aromatic carbocycles. The summed E-state index contributed by atoms with van der Waals surface area (Å²) < 4.78 is 22.8. The van der Waals surface area contributed by atoms with Gasteiger partial charge in [0.05, 0.1) is 6.61 Å². The fraction of sp³-hybridized carbons (Fsp3) is 0.381. The van der Waals surface area contributed by atoms with E-state index >= 15 is 0 Å². The Balaban J connectivity index is 1.52. The predicted molar refractivity (Wildman–Crippen MR) is 104 cm³/mol. The van der Waals surface area contributed by atoms with Crippen LogP contribution in [0.2, 0.25) is 0 Å². The number of methoxy groups -OCH3 is 1. The van der Waals surface area contributed by atoms with E-state index in [1.807, 2.05) is 54.4 Å². The zero-order valence-electron chi connectivity index (χ0n) is 16.0. The lowest BCUT2D eigenvalue weighted by Crippen LogP contribution is -2.60. The standard InChI is InChI=1S/C21H24N2O5/c1-14-10-16-11-17(5-6-18(16)28-14)27-12-15-4-3-8-23(19(15)25-2)21(20(22)24)7-9-26-13-21/h3-6,8,10-11,19H,7,9,12-13H2,1-2H3,(H2,22,24). The number of benzene rings is 1. The first kappa shape index (κ1) is 18.6. The largest absolute Gasteiger partial charge is 0.489 e. The van der Waals surface area contributed by atoms with Gasteiger partial charge in [0.1, 0.15) is 29.2 Å². The topological polar surface area (TPSA) is 87.2 Å². The van der Waals surface area contributed by atoms with Gasteiger partial charge < -0.3 is 29.3 Å². The molecule has 2 N–H and O–H groups in total. The van der Waals surface area contributed by atoms with Gasteiger partial charge in [0.25, 0.3) is 0 Å². The summed E-state index contributed by atoms with van der Waals surface area (Å²) in [6.07, 6.45) is 5.71. The number of carbonyl (C=O) groups excluding carboxylic acids is 1. The van der Waals surface area contributed by atoms with Gasteiger partial charge in [-0.1, -0.05) is 6.08 Å². The molecule has 0 spiro atoms. The van der Waals surface area contributed by atoms with Crippen molar-refractivity contribution in [1.82, 2.24) is 4.90 Å². The van der Waals surface area contributed by atoms with Crippen LogP contribution in [0.25, 0.3) is 11.0 Å². The molecule has 2 unspecified atom stereocenters. The number of primary amides is 1. The van der Waals surface area contributed by atoms with Gasteiger partial charge in [0.15, 0.2) is 6.23 Å². The van der Waals surface area contributed by atoms with Crippen LogP contribution in [0, 0.1) is 6.92 Å². The zero-order chi connectivity index (χ0) is 19.7. The van der Waals surface area contributed by atoms with Crippen LogP contribution in [0.1, 0.15) is 12.2 Å². The Labute approximate surface area is 163 Å². The van der Waals surface area contributed by atoms with Crippen molar-refractivity contribution in [3.8, 4) is 5.75 Å². The smallest absolute Gasteiger partial charge is 0.245 e. The molecule has 3 heterocycles. The fourth-order valence-corrected chi connectivity index (χ4v) is 3.84. The molecule has 1 aromatic heterocycles. The molecular formula is C21H24N2O5. The molecular weight excluding hydrogens is 360 g/mol. The van der Waals surface area contributed by atoms with Crippen LogP contribution in [0.4, 0.5) is 0 Å². The van der Waals surface area contributed by atoms with Crippen LogP contribution in [0.15, 0.2) is 52.6 Å². The lowest BCUT2D eigenvalue weighted by molar-refractivity contribution is -0.135. The molecule has 148 valence electrons. The second-order valence-electron chi connectivity index (χ2n) is 7.12. The maximum atomic E-state index is 12.2. The van der Waals surface area contributed by atoms with Gasteiger partial charge in [-0.2, -0.15) is 0 Å². The van der Waals surface area contributed by atoms with Crippen molar-refractivity contribution in [2.75, 3.05) is 26.9 Å². The van der Waals surface area contributed by atoms with Gasteiger partial charge in [0, 0.05) is 37.3 Å². The molecule has 2 aromatic rings. The number of rotatable bonds is 6. The summed E-state index contributed by atoms with van der Waals surface area (Å²) in [5.74, 6) is 1.18. The Morgan fingerprint density at radius 3 is 2.96 bits per heavy atom. The number of carbonyl (C=O) groups is 1. The summed E-state index contributed by atoms with van der Waals surface area (Å²) >= 11 is 0. The lowest BCUT2D eigenvalue weighted by atomic mass is 9.93. The van der Waals surface area contributed by atoms with Crippen LogP contribution in [0.3, 0.4) is 0 Å². The van der Waals surface area contributed by atoms with Crippen LogP contribution < -0.4 is 10.5 Å². The number of hydrogen-bond donors (Lipinski definition) is 1. The summed E-state index contributed by atoms with van der Waals surface area (Å²) in [6.45, 7) is 2.97. The minimum Gasteiger partial charge on any atom is -0.489 e.